The third-order valence-electron chi connectivity index (χ3n) is 4.48. The van der Waals surface area contributed by atoms with Gasteiger partial charge in [-0.15, -0.1) is 0 Å². The Bertz CT molecular complexity index is 686. The first-order valence-electron chi connectivity index (χ1n) is 7.59. The van der Waals surface area contributed by atoms with Gasteiger partial charge >= 0.3 is 5.69 Å². The van der Waals surface area contributed by atoms with E-state index in [1.165, 1.54) is 0 Å². The number of fused-ring (bicyclic) bond motifs is 1. The van der Waals surface area contributed by atoms with E-state index in [1.807, 2.05) is 22.8 Å². The number of likely N-dealkylation sites (tertiary alicyclic amines) is 1. The second-order valence-electron chi connectivity index (χ2n) is 6.14. The van der Waals surface area contributed by atoms with Crippen LogP contribution in [0.1, 0.15) is 20.3 Å². The van der Waals surface area contributed by atoms with Crippen molar-refractivity contribution in [1.29, 1.82) is 0 Å². The zero-order valence-corrected chi connectivity index (χ0v) is 12.9. The lowest BCUT2D eigenvalue weighted by Gasteiger charge is -2.20. The number of H-pyrrole nitrogens is 1. The van der Waals surface area contributed by atoms with Gasteiger partial charge in [-0.3, -0.25) is 4.57 Å². The highest BCUT2D eigenvalue weighted by Crippen LogP contribution is 2.25. The lowest BCUT2D eigenvalue weighted by Crippen LogP contribution is -2.29. The molecule has 1 atom stereocenters. The van der Waals surface area contributed by atoms with E-state index in [0.717, 1.165) is 42.8 Å². The van der Waals surface area contributed by atoms with Gasteiger partial charge in [0.2, 0.25) is 0 Å². The molecule has 5 nitrogen and oxygen atoms in total. The molecule has 0 bridgehead atoms. The highest BCUT2D eigenvalue weighted by Gasteiger charge is 2.25. The average molecular weight is 289 g/mol. The van der Waals surface area contributed by atoms with Crippen LogP contribution in [0.3, 0.4) is 0 Å². The van der Waals surface area contributed by atoms with Gasteiger partial charge < -0.3 is 14.6 Å². The molecule has 2 heterocycles. The van der Waals surface area contributed by atoms with Crippen molar-refractivity contribution in [3.05, 3.63) is 28.7 Å². The smallest absolute Gasteiger partial charge is 0.326 e. The lowest BCUT2D eigenvalue weighted by molar-refractivity contribution is 0.261. The maximum atomic E-state index is 12.2. The third-order valence-corrected chi connectivity index (χ3v) is 4.48. The minimum absolute atomic E-state index is 0.0440. The summed E-state index contributed by atoms with van der Waals surface area (Å²) in [7, 11) is 1.63. The Morgan fingerprint density at radius 2 is 2.24 bits per heavy atom. The topological polar surface area (TPSA) is 50.3 Å². The molecule has 0 spiro atoms. The van der Waals surface area contributed by atoms with Gasteiger partial charge in [0.15, 0.2) is 0 Å². The SMILES string of the molecule is COc1cccc2c1[nH]c(=O)n2CC1CCN(C(C)C)C1. The monoisotopic (exact) mass is 289 g/mol. The highest BCUT2D eigenvalue weighted by atomic mass is 16.5. The zero-order chi connectivity index (χ0) is 15.0. The van der Waals surface area contributed by atoms with E-state index in [0.29, 0.717) is 12.0 Å². The Kier molecular flexibility index (Phi) is 3.76. The summed E-state index contributed by atoms with van der Waals surface area (Å²) in [4.78, 5) is 17.6. The number of para-hydroxylation sites is 1. The summed E-state index contributed by atoms with van der Waals surface area (Å²) in [6, 6.07) is 6.36. The predicted molar refractivity (Wildman–Crippen MR) is 83.9 cm³/mol. The number of aromatic amines is 1. The average Bonchev–Trinajstić information content (AvgIpc) is 3.05. The number of aromatic nitrogens is 2. The van der Waals surface area contributed by atoms with Crippen molar-refractivity contribution in [3.8, 4) is 5.75 Å². The maximum absolute atomic E-state index is 12.2. The number of imidazole rings is 1. The first kappa shape index (κ1) is 14.2. The molecule has 0 aliphatic carbocycles. The minimum atomic E-state index is -0.0440. The third kappa shape index (κ3) is 2.58. The summed E-state index contributed by atoms with van der Waals surface area (Å²) in [6.45, 7) is 7.43. The molecule has 0 saturated carbocycles. The van der Waals surface area contributed by atoms with Crippen LogP contribution in [-0.2, 0) is 6.54 Å². The van der Waals surface area contributed by atoms with Gasteiger partial charge in [-0.25, -0.2) is 4.79 Å². The van der Waals surface area contributed by atoms with E-state index >= 15 is 0 Å². The fourth-order valence-corrected chi connectivity index (χ4v) is 3.24. The van der Waals surface area contributed by atoms with Crippen molar-refractivity contribution in [2.24, 2.45) is 5.92 Å². The minimum Gasteiger partial charge on any atom is -0.494 e. The summed E-state index contributed by atoms with van der Waals surface area (Å²) in [6.07, 6.45) is 1.15. The van der Waals surface area contributed by atoms with Gasteiger partial charge in [0.05, 0.1) is 12.6 Å². The summed E-state index contributed by atoms with van der Waals surface area (Å²) in [5.74, 6) is 1.26. The standard InChI is InChI=1S/C16H23N3O2/c1-11(2)18-8-7-12(9-18)10-19-13-5-4-6-14(21-3)15(13)17-16(19)20/h4-6,11-12H,7-10H2,1-3H3,(H,17,20). The van der Waals surface area contributed by atoms with Gasteiger partial charge in [0.1, 0.15) is 11.3 Å². The second kappa shape index (κ2) is 5.56. The Hall–Kier alpha value is -1.75. The lowest BCUT2D eigenvalue weighted by atomic mass is 10.1. The Morgan fingerprint density at radius 1 is 1.43 bits per heavy atom. The normalized spacial score (nSPS) is 19.7. The first-order valence-corrected chi connectivity index (χ1v) is 7.59. The van der Waals surface area contributed by atoms with E-state index in [9.17, 15) is 4.79 Å². The molecule has 1 aromatic heterocycles. The van der Waals surface area contributed by atoms with Crippen molar-refractivity contribution >= 4 is 11.0 Å². The van der Waals surface area contributed by atoms with Crippen LogP contribution in [0.2, 0.25) is 0 Å². The molecule has 1 N–H and O–H groups in total. The Morgan fingerprint density at radius 3 is 2.90 bits per heavy atom. The van der Waals surface area contributed by atoms with Crippen LogP contribution < -0.4 is 10.4 Å². The van der Waals surface area contributed by atoms with Gasteiger partial charge in [0.25, 0.3) is 0 Å². The number of hydrogen-bond acceptors (Lipinski definition) is 3. The molecule has 0 radical (unpaired) electrons. The van der Waals surface area contributed by atoms with Crippen LogP contribution in [0.15, 0.2) is 23.0 Å². The fourth-order valence-electron chi connectivity index (χ4n) is 3.24. The van der Waals surface area contributed by atoms with Crippen molar-refractivity contribution in [3.63, 3.8) is 0 Å². The molecule has 1 aromatic carbocycles. The molecule has 1 aliphatic heterocycles. The molecule has 5 heteroatoms. The zero-order valence-electron chi connectivity index (χ0n) is 12.9. The molecular formula is C16H23N3O2. The summed E-state index contributed by atoms with van der Waals surface area (Å²) in [5, 5.41) is 0. The van der Waals surface area contributed by atoms with E-state index < -0.39 is 0 Å². The number of methoxy groups -OCH3 is 1. The molecule has 0 amide bonds. The maximum Gasteiger partial charge on any atom is 0.326 e. The van der Waals surface area contributed by atoms with Crippen molar-refractivity contribution in [1.82, 2.24) is 14.5 Å². The van der Waals surface area contributed by atoms with Crippen LogP contribution in [-0.4, -0.2) is 40.7 Å². The van der Waals surface area contributed by atoms with Crippen molar-refractivity contribution < 1.29 is 4.74 Å². The van der Waals surface area contributed by atoms with Gasteiger partial charge in [-0.2, -0.15) is 0 Å². The summed E-state index contributed by atoms with van der Waals surface area (Å²) < 4.78 is 7.18. The van der Waals surface area contributed by atoms with Gasteiger partial charge in [-0.05, 0) is 44.9 Å². The Balaban J connectivity index is 1.88. The highest BCUT2D eigenvalue weighted by molar-refractivity contribution is 5.81. The summed E-state index contributed by atoms with van der Waals surface area (Å²) >= 11 is 0. The largest absolute Gasteiger partial charge is 0.494 e. The molecule has 1 aliphatic rings. The van der Waals surface area contributed by atoms with Crippen LogP contribution in [0.4, 0.5) is 0 Å². The number of rotatable bonds is 4. The number of benzene rings is 1. The molecule has 114 valence electrons. The molecule has 1 saturated heterocycles. The molecule has 3 rings (SSSR count). The van der Waals surface area contributed by atoms with Crippen LogP contribution in [0.5, 0.6) is 5.75 Å². The molecule has 21 heavy (non-hydrogen) atoms. The van der Waals surface area contributed by atoms with Crippen LogP contribution in [0, 0.1) is 5.92 Å². The van der Waals surface area contributed by atoms with Crippen molar-refractivity contribution in [2.45, 2.75) is 32.9 Å². The molecular weight excluding hydrogens is 266 g/mol. The van der Waals surface area contributed by atoms with Gasteiger partial charge in [0, 0.05) is 19.1 Å². The van der Waals surface area contributed by atoms with Gasteiger partial charge in [-0.1, -0.05) is 6.07 Å². The predicted octanol–water partition coefficient (Wildman–Crippen LogP) is 2.07. The van der Waals surface area contributed by atoms with E-state index in [2.05, 4.69) is 23.7 Å². The molecule has 2 aromatic rings. The quantitative estimate of drug-likeness (QED) is 0.937. The first-order chi connectivity index (χ1) is 10.1. The van der Waals surface area contributed by atoms with E-state index in [-0.39, 0.29) is 5.69 Å². The number of nitrogens with zero attached hydrogens (tertiary/aromatic N) is 2. The fraction of sp³-hybridized carbons (Fsp3) is 0.562. The second-order valence-corrected chi connectivity index (χ2v) is 6.14. The van der Waals surface area contributed by atoms with Crippen molar-refractivity contribution in [2.75, 3.05) is 20.2 Å². The van der Waals surface area contributed by atoms with Crippen LogP contribution in [0.25, 0.3) is 11.0 Å². The van der Waals surface area contributed by atoms with E-state index in [4.69, 9.17) is 4.74 Å². The van der Waals surface area contributed by atoms with Crippen LogP contribution >= 0.6 is 0 Å². The molecule has 1 fully saturated rings. The number of hydrogen-bond donors (Lipinski definition) is 1. The Labute approximate surface area is 124 Å². The summed E-state index contributed by atoms with van der Waals surface area (Å²) in [5.41, 5.74) is 1.68. The van der Waals surface area contributed by atoms with E-state index in [1.54, 1.807) is 7.11 Å². The molecule has 1 unspecified atom stereocenters. The number of ether oxygens (including phenoxy) is 1. The number of nitrogens with one attached hydrogen (secondary N) is 1.